The highest BCUT2D eigenvalue weighted by molar-refractivity contribution is 7.92. The van der Waals surface area contributed by atoms with Gasteiger partial charge in [-0.3, -0.25) is 13.9 Å². The van der Waals surface area contributed by atoms with Crippen LogP contribution in [0.3, 0.4) is 0 Å². The molecule has 2 amide bonds. The molecule has 1 N–H and O–H groups in total. The number of anilines is 1. The molecule has 218 valence electrons. The molecule has 1 saturated carbocycles. The van der Waals surface area contributed by atoms with Crippen LogP contribution in [-0.4, -0.2) is 43.8 Å². The van der Waals surface area contributed by atoms with Gasteiger partial charge in [0.2, 0.25) is 11.8 Å². The van der Waals surface area contributed by atoms with Gasteiger partial charge in [0, 0.05) is 17.6 Å². The van der Waals surface area contributed by atoms with Crippen molar-refractivity contribution in [2.75, 3.05) is 10.8 Å². The normalized spacial score (nSPS) is 14.7. The van der Waals surface area contributed by atoms with Gasteiger partial charge in [0.15, 0.2) is 0 Å². The van der Waals surface area contributed by atoms with Crippen LogP contribution in [0, 0.1) is 6.92 Å². The number of nitrogens with zero attached hydrogens (tertiary/aromatic N) is 2. The lowest BCUT2D eigenvalue weighted by Gasteiger charge is -2.33. The van der Waals surface area contributed by atoms with E-state index in [4.69, 9.17) is 23.2 Å². The van der Waals surface area contributed by atoms with Crippen LogP contribution in [0.2, 0.25) is 10.0 Å². The van der Waals surface area contributed by atoms with E-state index in [2.05, 4.69) is 5.32 Å². The zero-order valence-corrected chi connectivity index (χ0v) is 25.6. The first-order valence-electron chi connectivity index (χ1n) is 13.7. The van der Waals surface area contributed by atoms with Crippen molar-refractivity contribution < 1.29 is 18.0 Å². The molecule has 1 aliphatic rings. The Labute approximate surface area is 252 Å². The molecule has 0 spiro atoms. The average Bonchev–Trinajstić information content (AvgIpc) is 2.96. The molecule has 0 saturated heterocycles. The van der Waals surface area contributed by atoms with Crippen LogP contribution in [0.4, 0.5) is 5.69 Å². The molecule has 1 atom stereocenters. The van der Waals surface area contributed by atoms with Gasteiger partial charge >= 0.3 is 0 Å². The molecular weight excluding hydrogens is 581 g/mol. The minimum Gasteiger partial charge on any atom is -0.352 e. The lowest BCUT2D eigenvalue weighted by molar-refractivity contribution is -0.139. The lowest BCUT2D eigenvalue weighted by atomic mass is 9.95. The van der Waals surface area contributed by atoms with E-state index in [1.54, 1.807) is 25.1 Å². The summed E-state index contributed by atoms with van der Waals surface area (Å²) in [6.07, 6.45) is 5.07. The molecule has 1 fully saturated rings. The van der Waals surface area contributed by atoms with Gasteiger partial charge in [0.05, 0.1) is 15.6 Å². The van der Waals surface area contributed by atoms with E-state index in [0.717, 1.165) is 47.5 Å². The van der Waals surface area contributed by atoms with Crippen LogP contribution >= 0.6 is 23.2 Å². The molecule has 1 aliphatic carbocycles. The Balaban J connectivity index is 1.70. The minimum atomic E-state index is -4.21. The molecule has 10 heteroatoms. The molecular formula is C31H35Cl2N3O4S. The third-order valence-corrected chi connectivity index (χ3v) is 9.82. The maximum atomic E-state index is 14.1. The number of amides is 2. The second kappa shape index (κ2) is 13.7. The summed E-state index contributed by atoms with van der Waals surface area (Å²) < 4.78 is 28.8. The molecule has 7 nitrogen and oxygen atoms in total. The fraction of sp³-hybridized carbons (Fsp3) is 0.355. The summed E-state index contributed by atoms with van der Waals surface area (Å²) >= 11 is 12.6. The predicted molar refractivity (Wildman–Crippen MR) is 164 cm³/mol. The molecule has 1 unspecified atom stereocenters. The van der Waals surface area contributed by atoms with Gasteiger partial charge in [-0.05, 0) is 68.1 Å². The average molecular weight is 617 g/mol. The Morgan fingerprint density at radius 1 is 0.951 bits per heavy atom. The van der Waals surface area contributed by atoms with Crippen LogP contribution in [0.5, 0.6) is 0 Å². The smallest absolute Gasteiger partial charge is 0.264 e. The Kier molecular flexibility index (Phi) is 10.3. The number of sulfonamides is 1. The van der Waals surface area contributed by atoms with E-state index < -0.39 is 28.5 Å². The van der Waals surface area contributed by atoms with Crippen molar-refractivity contribution in [3.8, 4) is 0 Å². The summed E-state index contributed by atoms with van der Waals surface area (Å²) in [5.41, 5.74) is 1.93. The number of carbonyl (C=O) groups is 2. The molecule has 0 aliphatic heterocycles. The number of hydrogen-bond acceptors (Lipinski definition) is 4. The first-order valence-corrected chi connectivity index (χ1v) is 15.9. The summed E-state index contributed by atoms with van der Waals surface area (Å²) in [7, 11) is -4.21. The predicted octanol–water partition coefficient (Wildman–Crippen LogP) is 6.36. The molecule has 41 heavy (non-hydrogen) atoms. The van der Waals surface area contributed by atoms with Crippen LogP contribution in [0.25, 0.3) is 0 Å². The fourth-order valence-electron chi connectivity index (χ4n) is 5.04. The largest absolute Gasteiger partial charge is 0.352 e. The number of aryl methyl sites for hydroxylation is 1. The van der Waals surface area contributed by atoms with Crippen molar-refractivity contribution in [3.05, 3.63) is 94.0 Å². The Morgan fingerprint density at radius 2 is 1.61 bits per heavy atom. The number of carbonyl (C=O) groups excluding carboxylic acids is 2. The van der Waals surface area contributed by atoms with Gasteiger partial charge < -0.3 is 10.2 Å². The van der Waals surface area contributed by atoms with Crippen molar-refractivity contribution in [1.82, 2.24) is 10.2 Å². The van der Waals surface area contributed by atoms with Crippen LogP contribution in [-0.2, 0) is 26.2 Å². The van der Waals surface area contributed by atoms with Crippen molar-refractivity contribution in [1.29, 1.82) is 0 Å². The minimum absolute atomic E-state index is 0.00682. The van der Waals surface area contributed by atoms with E-state index in [0.29, 0.717) is 5.02 Å². The number of hydrogen-bond donors (Lipinski definition) is 1. The number of benzene rings is 3. The van der Waals surface area contributed by atoms with Gasteiger partial charge in [0.1, 0.15) is 12.6 Å². The zero-order chi connectivity index (χ0) is 29.6. The van der Waals surface area contributed by atoms with Crippen molar-refractivity contribution >= 4 is 50.7 Å². The highest BCUT2D eigenvalue weighted by Gasteiger charge is 2.34. The molecule has 0 aromatic heterocycles. The maximum absolute atomic E-state index is 14.1. The molecule has 0 bridgehead atoms. The van der Waals surface area contributed by atoms with E-state index in [-0.39, 0.29) is 34.1 Å². The van der Waals surface area contributed by atoms with Crippen LogP contribution in [0.15, 0.2) is 77.7 Å². The third kappa shape index (κ3) is 7.61. The Hall–Kier alpha value is -3.07. The van der Waals surface area contributed by atoms with Crippen molar-refractivity contribution in [2.24, 2.45) is 0 Å². The summed E-state index contributed by atoms with van der Waals surface area (Å²) in [6, 6.07) is 19.1. The Bertz CT molecular complexity index is 1480. The summed E-state index contributed by atoms with van der Waals surface area (Å²) in [4.78, 5) is 29.0. The highest BCUT2D eigenvalue weighted by atomic mass is 35.5. The molecule has 3 aromatic rings. The molecule has 0 heterocycles. The first-order chi connectivity index (χ1) is 19.6. The molecule has 3 aromatic carbocycles. The highest BCUT2D eigenvalue weighted by Crippen LogP contribution is 2.33. The summed E-state index contributed by atoms with van der Waals surface area (Å²) in [5, 5.41) is 3.52. The second-order valence-corrected chi connectivity index (χ2v) is 13.1. The van der Waals surface area contributed by atoms with Crippen molar-refractivity contribution in [3.63, 3.8) is 0 Å². The van der Waals surface area contributed by atoms with E-state index in [9.17, 15) is 18.0 Å². The Morgan fingerprint density at radius 3 is 2.27 bits per heavy atom. The van der Waals surface area contributed by atoms with Gasteiger partial charge in [-0.2, -0.15) is 0 Å². The van der Waals surface area contributed by atoms with Crippen LogP contribution in [0.1, 0.15) is 50.2 Å². The van der Waals surface area contributed by atoms with Gasteiger partial charge in [-0.1, -0.05) is 84.9 Å². The first kappa shape index (κ1) is 30.9. The fourth-order valence-corrected chi connectivity index (χ4v) is 7.05. The van der Waals surface area contributed by atoms with Gasteiger partial charge in [-0.25, -0.2) is 8.42 Å². The zero-order valence-electron chi connectivity index (χ0n) is 23.2. The van der Waals surface area contributed by atoms with Gasteiger partial charge in [0.25, 0.3) is 10.0 Å². The SMILES string of the molecule is Cc1ccccc1CN(C(=O)CN(c1ccc(Cl)cc1Cl)S(=O)(=O)c1ccccc1)C(C)C(=O)NC1CCCCC1. The second-order valence-electron chi connectivity index (χ2n) is 10.4. The van der Waals surface area contributed by atoms with Gasteiger partial charge in [-0.15, -0.1) is 0 Å². The number of nitrogens with one attached hydrogen (secondary N) is 1. The van der Waals surface area contributed by atoms with Crippen LogP contribution < -0.4 is 9.62 Å². The summed E-state index contributed by atoms with van der Waals surface area (Å²) in [6.45, 7) is 3.19. The number of halogens is 2. The monoisotopic (exact) mass is 615 g/mol. The van der Waals surface area contributed by atoms with E-state index >= 15 is 0 Å². The standard InChI is InChI=1S/C31H35Cl2N3O4S/c1-22-11-9-10-12-24(22)20-35(23(2)31(38)34-26-13-5-3-6-14-26)30(37)21-36(29-18-17-25(32)19-28(29)33)41(39,40)27-15-7-4-8-16-27/h4,7-12,15-19,23,26H,3,5-6,13-14,20-21H2,1-2H3,(H,34,38). The topological polar surface area (TPSA) is 86.8 Å². The lowest BCUT2D eigenvalue weighted by Crippen LogP contribution is -2.53. The maximum Gasteiger partial charge on any atom is 0.264 e. The van der Waals surface area contributed by atoms with E-state index in [1.807, 2.05) is 31.2 Å². The van der Waals surface area contributed by atoms with E-state index in [1.165, 1.54) is 35.2 Å². The molecule has 4 rings (SSSR count). The van der Waals surface area contributed by atoms with Crippen molar-refractivity contribution in [2.45, 2.75) is 69.5 Å². The quantitative estimate of drug-likeness (QED) is 0.287. The molecule has 0 radical (unpaired) electrons. The summed E-state index contributed by atoms with van der Waals surface area (Å²) in [5.74, 6) is -0.800. The third-order valence-electron chi connectivity index (χ3n) is 7.51. The number of rotatable bonds is 10.